The van der Waals surface area contributed by atoms with E-state index in [4.69, 9.17) is 9.47 Å². The smallest absolute Gasteiger partial charge is 0.230 e. The number of hydrogen-bond donors (Lipinski definition) is 1. The van der Waals surface area contributed by atoms with Crippen molar-refractivity contribution in [3.63, 3.8) is 0 Å². The fourth-order valence-corrected chi connectivity index (χ4v) is 4.18. The van der Waals surface area contributed by atoms with E-state index in [2.05, 4.69) is 22.4 Å². The van der Waals surface area contributed by atoms with Gasteiger partial charge in [-0.05, 0) is 38.8 Å². The average molecular weight is 403 g/mol. The highest BCUT2D eigenvalue weighted by Crippen LogP contribution is 2.39. The van der Waals surface area contributed by atoms with Gasteiger partial charge in [-0.2, -0.15) is 0 Å². The van der Waals surface area contributed by atoms with Crippen molar-refractivity contribution in [3.8, 4) is 11.5 Å². The van der Waals surface area contributed by atoms with Crippen molar-refractivity contribution in [1.29, 1.82) is 0 Å². The van der Waals surface area contributed by atoms with E-state index in [1.807, 2.05) is 30.7 Å². The molecule has 28 heavy (non-hydrogen) atoms. The number of nitrogens with one attached hydrogen (secondary N) is 1. The summed E-state index contributed by atoms with van der Waals surface area (Å²) in [6.45, 7) is 5.01. The molecule has 1 atom stereocenters. The molecule has 1 aliphatic carbocycles. The molecule has 1 fully saturated rings. The fraction of sp³-hybridized carbons (Fsp3) is 0.550. The normalized spacial score (nSPS) is 17.9. The summed E-state index contributed by atoms with van der Waals surface area (Å²) < 4.78 is 13.6. The molecule has 1 amide bonds. The predicted molar refractivity (Wildman–Crippen MR) is 107 cm³/mol. The predicted octanol–water partition coefficient (Wildman–Crippen LogP) is 2.82. The van der Waals surface area contributed by atoms with Crippen molar-refractivity contribution in [3.05, 3.63) is 29.1 Å². The molecular formula is C20H26N4O3S. The van der Waals surface area contributed by atoms with Gasteiger partial charge in [0.15, 0.2) is 5.16 Å². The second kappa shape index (κ2) is 8.03. The summed E-state index contributed by atoms with van der Waals surface area (Å²) in [4.78, 5) is 12.3. The second-order valence-corrected chi connectivity index (χ2v) is 8.32. The summed E-state index contributed by atoms with van der Waals surface area (Å²) in [5.41, 5.74) is 2.10. The number of benzene rings is 1. The first-order chi connectivity index (χ1) is 13.5. The third-order valence-electron chi connectivity index (χ3n) is 5.00. The van der Waals surface area contributed by atoms with Gasteiger partial charge in [0.05, 0.1) is 12.4 Å². The van der Waals surface area contributed by atoms with Gasteiger partial charge in [0.1, 0.15) is 23.4 Å². The maximum absolute atomic E-state index is 12.3. The number of hydrogen-bond acceptors (Lipinski definition) is 6. The Kier molecular flexibility index (Phi) is 5.48. The molecule has 150 valence electrons. The van der Waals surface area contributed by atoms with Crippen molar-refractivity contribution >= 4 is 17.7 Å². The number of nitrogens with zero attached hydrogens (tertiary/aromatic N) is 3. The second-order valence-electron chi connectivity index (χ2n) is 7.37. The lowest BCUT2D eigenvalue weighted by Crippen LogP contribution is -2.25. The van der Waals surface area contributed by atoms with Crippen LogP contribution in [0.1, 0.15) is 49.6 Å². The van der Waals surface area contributed by atoms with Crippen molar-refractivity contribution < 1.29 is 14.3 Å². The highest BCUT2D eigenvalue weighted by atomic mass is 32.2. The monoisotopic (exact) mass is 402 g/mol. The Bertz CT molecular complexity index is 879. The van der Waals surface area contributed by atoms with Gasteiger partial charge >= 0.3 is 0 Å². The molecule has 2 heterocycles. The van der Waals surface area contributed by atoms with Gasteiger partial charge in [0, 0.05) is 37.1 Å². The van der Waals surface area contributed by atoms with E-state index < -0.39 is 0 Å². The number of fused-ring (bicyclic) bond motifs is 1. The Hall–Kier alpha value is -2.22. The Morgan fingerprint density at radius 2 is 2.21 bits per heavy atom. The number of rotatable bonds is 8. The van der Waals surface area contributed by atoms with Crippen LogP contribution in [0.2, 0.25) is 0 Å². The van der Waals surface area contributed by atoms with Gasteiger partial charge in [-0.3, -0.25) is 4.79 Å². The van der Waals surface area contributed by atoms with E-state index in [1.54, 1.807) is 0 Å². The van der Waals surface area contributed by atoms with Crippen molar-refractivity contribution in [1.82, 2.24) is 20.1 Å². The molecule has 1 aliphatic heterocycles. The Morgan fingerprint density at radius 1 is 1.39 bits per heavy atom. The first-order valence-corrected chi connectivity index (χ1v) is 10.8. The summed E-state index contributed by atoms with van der Waals surface area (Å²) >= 11 is 1.41. The molecule has 4 rings (SSSR count). The number of amides is 1. The van der Waals surface area contributed by atoms with Crippen LogP contribution in [-0.2, 0) is 24.8 Å². The van der Waals surface area contributed by atoms with E-state index in [-0.39, 0.29) is 12.0 Å². The van der Waals surface area contributed by atoms with E-state index in [9.17, 15) is 4.79 Å². The molecule has 2 aromatic rings. The number of ether oxygens (including phenoxy) is 2. The molecule has 1 saturated carbocycles. The lowest BCUT2D eigenvalue weighted by Gasteiger charge is -2.13. The molecule has 1 aromatic carbocycles. The van der Waals surface area contributed by atoms with Crippen LogP contribution in [0.25, 0.3) is 0 Å². The van der Waals surface area contributed by atoms with Crippen molar-refractivity contribution in [2.24, 2.45) is 7.05 Å². The molecule has 8 heteroatoms. The molecule has 1 N–H and O–H groups in total. The summed E-state index contributed by atoms with van der Waals surface area (Å²) in [5, 5.41) is 12.2. The molecule has 0 spiro atoms. The zero-order valence-electron chi connectivity index (χ0n) is 16.5. The molecular weight excluding hydrogens is 376 g/mol. The van der Waals surface area contributed by atoms with Gasteiger partial charge in [-0.15, -0.1) is 10.2 Å². The first-order valence-electron chi connectivity index (χ1n) is 9.79. The molecule has 0 bridgehead atoms. The van der Waals surface area contributed by atoms with Gasteiger partial charge < -0.3 is 19.4 Å². The van der Waals surface area contributed by atoms with Crippen molar-refractivity contribution in [2.45, 2.75) is 56.8 Å². The largest absolute Gasteiger partial charge is 0.494 e. The van der Waals surface area contributed by atoms with E-state index in [0.717, 1.165) is 40.0 Å². The first kappa shape index (κ1) is 19.1. The lowest BCUT2D eigenvalue weighted by molar-refractivity contribution is -0.118. The summed E-state index contributed by atoms with van der Waals surface area (Å²) in [7, 11) is 1.97. The van der Waals surface area contributed by atoms with E-state index in [0.29, 0.717) is 24.8 Å². The average Bonchev–Trinajstić information content (AvgIpc) is 3.34. The molecule has 0 unspecified atom stereocenters. The summed E-state index contributed by atoms with van der Waals surface area (Å²) in [5.74, 6) is 3.53. The molecule has 2 aliphatic rings. The van der Waals surface area contributed by atoms with Gasteiger partial charge in [-0.25, -0.2) is 0 Å². The van der Waals surface area contributed by atoms with E-state index >= 15 is 0 Å². The van der Waals surface area contributed by atoms with Gasteiger partial charge in [0.2, 0.25) is 5.91 Å². The van der Waals surface area contributed by atoms with Crippen LogP contribution in [-0.4, -0.2) is 39.1 Å². The van der Waals surface area contributed by atoms with Crippen LogP contribution >= 0.6 is 11.8 Å². The Balaban J connectivity index is 1.35. The minimum absolute atomic E-state index is 0.0433. The molecule has 7 nitrogen and oxygen atoms in total. The maximum atomic E-state index is 12.3. The minimum Gasteiger partial charge on any atom is -0.494 e. The lowest BCUT2D eigenvalue weighted by atomic mass is 10.1. The SMILES string of the molecule is CCOc1cc2c(cc1CNC(=O)CSc1nnc(C3CC3)n1C)O[C@@H](C)C2. The van der Waals surface area contributed by atoms with Crippen LogP contribution < -0.4 is 14.8 Å². The number of thioether (sulfide) groups is 1. The van der Waals surface area contributed by atoms with Crippen molar-refractivity contribution in [2.75, 3.05) is 12.4 Å². The quantitative estimate of drug-likeness (QED) is 0.684. The maximum Gasteiger partial charge on any atom is 0.230 e. The van der Waals surface area contributed by atoms with Crippen LogP contribution in [0.4, 0.5) is 0 Å². The van der Waals surface area contributed by atoms with Gasteiger partial charge in [-0.1, -0.05) is 11.8 Å². The standard InChI is InChI=1S/C20H26N4O3S/c1-4-26-16-8-14-7-12(2)27-17(14)9-15(16)10-21-18(25)11-28-20-23-22-19(24(20)3)13-5-6-13/h8-9,12-13H,4-7,10-11H2,1-3H3,(H,21,25)/t12-/m0/s1. The number of carbonyl (C=O) groups excluding carboxylic acids is 1. The fourth-order valence-electron chi connectivity index (χ4n) is 3.43. The highest BCUT2D eigenvalue weighted by Gasteiger charge is 2.29. The van der Waals surface area contributed by atoms with Crippen LogP contribution in [0.15, 0.2) is 17.3 Å². The number of carbonyl (C=O) groups is 1. The summed E-state index contributed by atoms with van der Waals surface area (Å²) in [6.07, 6.45) is 3.43. The highest BCUT2D eigenvalue weighted by molar-refractivity contribution is 7.99. The molecule has 1 aromatic heterocycles. The topological polar surface area (TPSA) is 78.3 Å². The third-order valence-corrected chi connectivity index (χ3v) is 6.02. The molecule has 0 saturated heterocycles. The van der Waals surface area contributed by atoms with Crippen LogP contribution in [0.3, 0.4) is 0 Å². The summed E-state index contributed by atoms with van der Waals surface area (Å²) in [6, 6.07) is 4.03. The Morgan fingerprint density at radius 3 is 2.96 bits per heavy atom. The van der Waals surface area contributed by atoms with Crippen LogP contribution in [0, 0.1) is 0 Å². The van der Waals surface area contributed by atoms with E-state index in [1.165, 1.54) is 24.6 Å². The Labute approximate surface area is 169 Å². The third kappa shape index (κ3) is 4.11. The van der Waals surface area contributed by atoms with Gasteiger partial charge in [0.25, 0.3) is 0 Å². The zero-order chi connectivity index (χ0) is 19.7. The minimum atomic E-state index is -0.0433. The van der Waals surface area contributed by atoms with Crippen LogP contribution in [0.5, 0.6) is 11.5 Å². The zero-order valence-corrected chi connectivity index (χ0v) is 17.3. The number of aromatic nitrogens is 3. The molecule has 0 radical (unpaired) electrons.